The van der Waals surface area contributed by atoms with E-state index < -0.39 is 0 Å². The molecular weight excluding hydrogens is 254 g/mol. The van der Waals surface area contributed by atoms with Crippen molar-refractivity contribution in [3.05, 3.63) is 66.8 Å². The largest absolute Gasteiger partial charge is 0.347 e. The van der Waals surface area contributed by atoms with Gasteiger partial charge in [0.25, 0.3) is 5.91 Å². The summed E-state index contributed by atoms with van der Waals surface area (Å²) in [6.45, 7) is 0.353. The van der Waals surface area contributed by atoms with Crippen molar-refractivity contribution in [1.29, 1.82) is 0 Å². The van der Waals surface area contributed by atoms with Gasteiger partial charge < -0.3 is 10.3 Å². The smallest absolute Gasteiger partial charge is 0.270 e. The number of benzene rings is 1. The maximum atomic E-state index is 12.2. The van der Waals surface area contributed by atoms with Crippen molar-refractivity contribution >= 4 is 5.91 Å². The highest BCUT2D eigenvalue weighted by Gasteiger charge is 2.12. The fraction of sp³-hybridized carbons (Fsp3) is 0.0714. The number of H-pyrrole nitrogens is 1. The Morgan fingerprint density at radius 2 is 2.15 bits per heavy atom. The molecule has 0 aliphatic rings. The molecule has 1 amide bonds. The van der Waals surface area contributed by atoms with Crippen molar-refractivity contribution < 1.29 is 4.79 Å². The molecule has 20 heavy (non-hydrogen) atoms. The lowest BCUT2D eigenvalue weighted by molar-refractivity contribution is 0.0943. The number of hydrogen-bond acceptors (Lipinski definition) is 3. The number of aromatic nitrogens is 4. The van der Waals surface area contributed by atoms with Gasteiger partial charge in [-0.1, -0.05) is 18.2 Å². The summed E-state index contributed by atoms with van der Waals surface area (Å²) in [5.74, 6) is 0.520. The van der Waals surface area contributed by atoms with Crippen LogP contribution in [0.2, 0.25) is 0 Å². The molecule has 3 rings (SSSR count). The molecule has 0 saturated heterocycles. The number of carbonyl (C=O) groups excluding carboxylic acids is 1. The second-order valence-corrected chi connectivity index (χ2v) is 4.20. The van der Waals surface area contributed by atoms with Gasteiger partial charge in [0.05, 0.1) is 19.1 Å². The molecule has 0 aliphatic carbocycles. The van der Waals surface area contributed by atoms with Crippen LogP contribution in [0.4, 0.5) is 0 Å². The zero-order valence-electron chi connectivity index (χ0n) is 10.7. The molecule has 0 radical (unpaired) electrons. The van der Waals surface area contributed by atoms with Crippen LogP contribution >= 0.6 is 0 Å². The third-order valence-corrected chi connectivity index (χ3v) is 2.88. The van der Waals surface area contributed by atoms with Crippen molar-refractivity contribution in [2.75, 3.05) is 0 Å². The van der Waals surface area contributed by atoms with E-state index in [1.54, 1.807) is 29.5 Å². The first-order chi connectivity index (χ1) is 9.84. The normalized spacial score (nSPS) is 10.4. The molecule has 2 N–H and O–H groups in total. The van der Waals surface area contributed by atoms with Crippen LogP contribution in [-0.4, -0.2) is 25.4 Å². The highest BCUT2D eigenvalue weighted by atomic mass is 16.1. The van der Waals surface area contributed by atoms with Gasteiger partial charge in [-0.2, -0.15) is 0 Å². The first-order valence-electron chi connectivity index (χ1n) is 6.19. The van der Waals surface area contributed by atoms with E-state index in [1.807, 2.05) is 30.3 Å². The van der Waals surface area contributed by atoms with E-state index in [1.165, 1.54) is 0 Å². The molecule has 0 aliphatic heterocycles. The van der Waals surface area contributed by atoms with Crippen molar-refractivity contribution in [1.82, 2.24) is 24.8 Å². The van der Waals surface area contributed by atoms with Gasteiger partial charge in [0.15, 0.2) is 0 Å². The van der Waals surface area contributed by atoms with Crippen LogP contribution in [0, 0.1) is 0 Å². The van der Waals surface area contributed by atoms with Gasteiger partial charge in [-0.25, -0.2) is 9.97 Å². The zero-order valence-corrected chi connectivity index (χ0v) is 10.7. The van der Waals surface area contributed by atoms with Gasteiger partial charge in [0, 0.05) is 18.1 Å². The van der Waals surface area contributed by atoms with Crippen molar-refractivity contribution in [2.45, 2.75) is 6.54 Å². The zero-order chi connectivity index (χ0) is 13.8. The summed E-state index contributed by atoms with van der Waals surface area (Å²) in [5.41, 5.74) is 1.39. The van der Waals surface area contributed by atoms with E-state index >= 15 is 0 Å². The van der Waals surface area contributed by atoms with Crippen molar-refractivity contribution in [2.24, 2.45) is 0 Å². The van der Waals surface area contributed by atoms with Crippen LogP contribution < -0.4 is 5.32 Å². The molecule has 3 aromatic rings. The Balaban J connectivity index is 1.77. The molecule has 6 heteroatoms. The van der Waals surface area contributed by atoms with E-state index in [0.29, 0.717) is 18.1 Å². The topological polar surface area (TPSA) is 75.6 Å². The second kappa shape index (κ2) is 5.40. The van der Waals surface area contributed by atoms with Crippen LogP contribution in [0.25, 0.3) is 5.69 Å². The van der Waals surface area contributed by atoms with Crippen LogP contribution in [0.5, 0.6) is 0 Å². The summed E-state index contributed by atoms with van der Waals surface area (Å²) in [6.07, 6.45) is 6.53. The Labute approximate surface area is 115 Å². The summed E-state index contributed by atoms with van der Waals surface area (Å²) < 4.78 is 1.75. The van der Waals surface area contributed by atoms with Crippen LogP contribution in [0.1, 0.15) is 16.3 Å². The molecule has 0 atom stereocenters. The predicted molar refractivity (Wildman–Crippen MR) is 73.3 cm³/mol. The third-order valence-electron chi connectivity index (χ3n) is 2.88. The molecule has 0 unspecified atom stereocenters. The van der Waals surface area contributed by atoms with Crippen LogP contribution in [0.3, 0.4) is 0 Å². The van der Waals surface area contributed by atoms with Crippen LogP contribution in [0.15, 0.2) is 55.2 Å². The summed E-state index contributed by atoms with van der Waals surface area (Å²) >= 11 is 0. The number of imidazole rings is 2. The Hall–Kier alpha value is -2.89. The standard InChI is InChI=1S/C14H13N5O/c20-14(18-9-13-16-6-7-17-13)12-8-15-10-19(12)11-4-2-1-3-5-11/h1-8,10H,9H2,(H,16,17)(H,18,20). The number of aromatic amines is 1. The molecule has 100 valence electrons. The minimum absolute atomic E-state index is 0.192. The highest BCUT2D eigenvalue weighted by molar-refractivity contribution is 5.92. The van der Waals surface area contributed by atoms with E-state index in [4.69, 9.17) is 0 Å². The Morgan fingerprint density at radius 3 is 2.90 bits per heavy atom. The van der Waals surface area contributed by atoms with Gasteiger partial charge in [0.2, 0.25) is 0 Å². The molecular formula is C14H13N5O. The summed E-state index contributed by atoms with van der Waals surface area (Å²) in [4.78, 5) is 23.2. The quantitative estimate of drug-likeness (QED) is 0.752. The molecule has 2 heterocycles. The molecule has 0 spiro atoms. The number of nitrogens with one attached hydrogen (secondary N) is 2. The lowest BCUT2D eigenvalue weighted by Crippen LogP contribution is -2.25. The Morgan fingerprint density at radius 1 is 1.30 bits per heavy atom. The molecule has 0 saturated carbocycles. The summed E-state index contributed by atoms with van der Waals surface area (Å²) in [7, 11) is 0. The fourth-order valence-electron chi connectivity index (χ4n) is 1.91. The van der Waals surface area contributed by atoms with Gasteiger partial charge >= 0.3 is 0 Å². The number of rotatable bonds is 4. The van der Waals surface area contributed by atoms with Gasteiger partial charge in [-0.3, -0.25) is 9.36 Å². The average molecular weight is 267 g/mol. The second-order valence-electron chi connectivity index (χ2n) is 4.20. The van der Waals surface area contributed by atoms with E-state index in [9.17, 15) is 4.79 Å². The first-order valence-corrected chi connectivity index (χ1v) is 6.19. The molecule has 1 aromatic carbocycles. The fourth-order valence-corrected chi connectivity index (χ4v) is 1.91. The number of nitrogens with zero attached hydrogens (tertiary/aromatic N) is 3. The molecule has 0 bridgehead atoms. The van der Waals surface area contributed by atoms with Crippen LogP contribution in [-0.2, 0) is 6.54 Å². The van der Waals surface area contributed by atoms with Gasteiger partial charge in [0.1, 0.15) is 11.5 Å². The highest BCUT2D eigenvalue weighted by Crippen LogP contribution is 2.10. The van der Waals surface area contributed by atoms with Crippen molar-refractivity contribution in [3.63, 3.8) is 0 Å². The predicted octanol–water partition coefficient (Wildman–Crippen LogP) is 1.53. The molecule has 6 nitrogen and oxygen atoms in total. The number of amides is 1. The molecule has 0 fully saturated rings. The Bertz CT molecular complexity index is 687. The summed E-state index contributed by atoms with van der Waals surface area (Å²) in [5, 5.41) is 2.80. The monoisotopic (exact) mass is 267 g/mol. The minimum Gasteiger partial charge on any atom is -0.347 e. The maximum absolute atomic E-state index is 12.2. The number of para-hydroxylation sites is 1. The lowest BCUT2D eigenvalue weighted by Gasteiger charge is -2.08. The minimum atomic E-state index is -0.192. The van der Waals surface area contributed by atoms with E-state index in [2.05, 4.69) is 20.3 Å². The van der Waals surface area contributed by atoms with Crippen molar-refractivity contribution in [3.8, 4) is 5.69 Å². The number of hydrogen-bond donors (Lipinski definition) is 2. The average Bonchev–Trinajstić information content (AvgIpc) is 3.17. The van der Waals surface area contributed by atoms with Gasteiger partial charge in [-0.15, -0.1) is 0 Å². The summed E-state index contributed by atoms with van der Waals surface area (Å²) in [6, 6.07) is 9.60. The third kappa shape index (κ3) is 2.44. The van der Waals surface area contributed by atoms with E-state index in [-0.39, 0.29) is 5.91 Å². The van der Waals surface area contributed by atoms with E-state index in [0.717, 1.165) is 5.69 Å². The SMILES string of the molecule is O=C(NCc1ncc[nH]1)c1cncn1-c1ccccc1. The number of carbonyl (C=O) groups is 1. The first kappa shape index (κ1) is 12.2. The van der Waals surface area contributed by atoms with Gasteiger partial charge in [-0.05, 0) is 12.1 Å². The lowest BCUT2D eigenvalue weighted by atomic mass is 10.3. The maximum Gasteiger partial charge on any atom is 0.270 e. The Kier molecular flexibility index (Phi) is 3.28. The molecule has 2 aromatic heterocycles.